The highest BCUT2D eigenvalue weighted by Gasteiger charge is 2.28. The summed E-state index contributed by atoms with van der Waals surface area (Å²) in [5.41, 5.74) is 0.826. The highest BCUT2D eigenvalue weighted by Crippen LogP contribution is 2.21. The average molecular weight is 402 g/mol. The molecule has 0 saturated heterocycles. The lowest BCUT2D eigenvalue weighted by molar-refractivity contribution is -0.120. The van der Waals surface area contributed by atoms with Gasteiger partial charge >= 0.3 is 0 Å². The van der Waals surface area contributed by atoms with Gasteiger partial charge in [-0.15, -0.1) is 11.3 Å². The van der Waals surface area contributed by atoms with Gasteiger partial charge in [0.05, 0.1) is 10.3 Å². The Kier molecular flexibility index (Phi) is 5.77. The molecule has 0 fully saturated rings. The smallest absolute Gasteiger partial charge is 0.238 e. The zero-order valence-electron chi connectivity index (χ0n) is 12.0. The Balaban J connectivity index is 2.07. The van der Waals surface area contributed by atoms with Crippen molar-refractivity contribution in [2.75, 3.05) is 6.26 Å². The molecule has 0 aliphatic rings. The van der Waals surface area contributed by atoms with E-state index in [4.69, 9.17) is 0 Å². The zero-order valence-corrected chi connectivity index (χ0v) is 15.2. The van der Waals surface area contributed by atoms with E-state index in [0.717, 1.165) is 20.5 Å². The Morgan fingerprint density at radius 1 is 1.23 bits per heavy atom. The number of amides is 1. The highest BCUT2D eigenvalue weighted by atomic mass is 79.9. The minimum Gasteiger partial charge on any atom is -0.350 e. The molecule has 1 aromatic heterocycles. The van der Waals surface area contributed by atoms with E-state index in [1.54, 1.807) is 0 Å². The van der Waals surface area contributed by atoms with Crippen LogP contribution in [0.2, 0.25) is 0 Å². The third-order valence-corrected chi connectivity index (χ3v) is 6.18. The van der Waals surface area contributed by atoms with Crippen LogP contribution in [0.4, 0.5) is 0 Å². The van der Waals surface area contributed by atoms with Crippen LogP contribution in [-0.2, 0) is 27.6 Å². The fraction of sp³-hybridized carbons (Fsp3) is 0.267. The molecule has 118 valence electrons. The van der Waals surface area contributed by atoms with Gasteiger partial charge in [-0.25, -0.2) is 8.42 Å². The number of benzene rings is 1. The second-order valence-corrected chi connectivity index (χ2v) is 9.71. The highest BCUT2D eigenvalue weighted by molar-refractivity contribution is 9.11. The minimum absolute atomic E-state index is 0.180. The first-order valence-corrected chi connectivity index (χ1v) is 10.2. The lowest BCUT2D eigenvalue weighted by Crippen LogP contribution is -2.40. The minimum atomic E-state index is -3.48. The summed E-state index contributed by atoms with van der Waals surface area (Å²) in [4.78, 5) is 13.2. The van der Waals surface area contributed by atoms with Gasteiger partial charge in [0.15, 0.2) is 9.84 Å². The lowest BCUT2D eigenvalue weighted by Gasteiger charge is -2.15. The monoisotopic (exact) mass is 401 g/mol. The first-order valence-electron chi connectivity index (χ1n) is 6.61. The van der Waals surface area contributed by atoms with Gasteiger partial charge in [-0.1, -0.05) is 30.3 Å². The van der Waals surface area contributed by atoms with Crippen molar-refractivity contribution in [3.63, 3.8) is 0 Å². The van der Waals surface area contributed by atoms with Crippen LogP contribution >= 0.6 is 27.3 Å². The van der Waals surface area contributed by atoms with E-state index in [-0.39, 0.29) is 6.42 Å². The van der Waals surface area contributed by atoms with Gasteiger partial charge < -0.3 is 5.32 Å². The van der Waals surface area contributed by atoms with Crippen molar-refractivity contribution >= 4 is 43.0 Å². The van der Waals surface area contributed by atoms with Crippen molar-refractivity contribution in [1.82, 2.24) is 5.32 Å². The molecule has 1 amide bonds. The normalized spacial score (nSPS) is 12.8. The Labute approximate surface area is 142 Å². The topological polar surface area (TPSA) is 63.2 Å². The van der Waals surface area contributed by atoms with E-state index in [1.807, 2.05) is 42.5 Å². The first-order chi connectivity index (χ1) is 10.4. The van der Waals surface area contributed by atoms with Crippen molar-refractivity contribution in [3.05, 3.63) is 56.7 Å². The molecule has 0 aliphatic heterocycles. The van der Waals surface area contributed by atoms with Crippen molar-refractivity contribution in [1.29, 1.82) is 0 Å². The molecule has 2 aromatic rings. The molecule has 7 heteroatoms. The zero-order chi connectivity index (χ0) is 16.2. The van der Waals surface area contributed by atoms with Gasteiger partial charge in [0, 0.05) is 11.1 Å². The van der Waals surface area contributed by atoms with Gasteiger partial charge in [0.1, 0.15) is 5.25 Å². The predicted molar refractivity (Wildman–Crippen MR) is 92.6 cm³/mol. The summed E-state index contributed by atoms with van der Waals surface area (Å²) < 4.78 is 24.8. The molecule has 1 heterocycles. The molecule has 1 atom stereocenters. The van der Waals surface area contributed by atoms with Gasteiger partial charge in [-0.2, -0.15) is 0 Å². The quantitative estimate of drug-likeness (QED) is 0.808. The maximum atomic E-state index is 12.3. The van der Waals surface area contributed by atoms with Crippen LogP contribution in [0.3, 0.4) is 0 Å². The van der Waals surface area contributed by atoms with Crippen molar-refractivity contribution < 1.29 is 13.2 Å². The number of sulfone groups is 1. The van der Waals surface area contributed by atoms with E-state index < -0.39 is 21.0 Å². The van der Waals surface area contributed by atoms with Crippen molar-refractivity contribution in [2.24, 2.45) is 0 Å². The Hall–Kier alpha value is -1.18. The summed E-state index contributed by atoms with van der Waals surface area (Å²) in [6.07, 6.45) is 1.28. The second-order valence-electron chi connectivity index (χ2n) is 4.93. The molecule has 0 unspecified atom stereocenters. The molecule has 4 nitrogen and oxygen atoms in total. The molecular formula is C15H16BrNO3S2. The van der Waals surface area contributed by atoms with E-state index in [0.29, 0.717) is 6.54 Å². The summed E-state index contributed by atoms with van der Waals surface area (Å²) in [6, 6.07) is 12.9. The van der Waals surface area contributed by atoms with Gasteiger partial charge in [-0.3, -0.25) is 4.79 Å². The van der Waals surface area contributed by atoms with Crippen LogP contribution in [0.1, 0.15) is 10.4 Å². The third-order valence-electron chi connectivity index (χ3n) is 3.14. The SMILES string of the molecule is CS(=O)(=O)[C@@H](Cc1ccccc1)C(=O)NCc1ccc(Br)s1. The van der Waals surface area contributed by atoms with Gasteiger partial charge in [0.2, 0.25) is 5.91 Å². The van der Waals surface area contributed by atoms with Crippen molar-refractivity contribution in [2.45, 2.75) is 18.2 Å². The number of hydrogen-bond acceptors (Lipinski definition) is 4. The fourth-order valence-electron chi connectivity index (χ4n) is 2.00. The largest absolute Gasteiger partial charge is 0.350 e. The molecule has 1 aromatic carbocycles. The standard InChI is InChI=1S/C15H16BrNO3S2/c1-22(19,20)13(9-11-5-3-2-4-6-11)15(18)17-10-12-7-8-14(16)21-12/h2-8,13H,9-10H2,1H3,(H,17,18)/t13-/m0/s1. The number of rotatable bonds is 6. The van der Waals surface area contributed by atoms with Gasteiger partial charge in [0.25, 0.3) is 0 Å². The van der Waals surface area contributed by atoms with Crippen LogP contribution in [0, 0.1) is 0 Å². The van der Waals surface area contributed by atoms with Crippen LogP contribution in [-0.4, -0.2) is 25.8 Å². The van der Waals surface area contributed by atoms with Crippen LogP contribution < -0.4 is 5.32 Å². The predicted octanol–water partition coefficient (Wildman–Crippen LogP) is 2.78. The number of carbonyl (C=O) groups is 1. The molecule has 22 heavy (non-hydrogen) atoms. The van der Waals surface area contributed by atoms with Crippen LogP contribution in [0.5, 0.6) is 0 Å². The van der Waals surface area contributed by atoms with Crippen molar-refractivity contribution in [3.8, 4) is 0 Å². The van der Waals surface area contributed by atoms with E-state index in [9.17, 15) is 13.2 Å². The molecule has 1 N–H and O–H groups in total. The molecule has 0 saturated carbocycles. The maximum absolute atomic E-state index is 12.3. The summed E-state index contributed by atoms with van der Waals surface area (Å²) in [5, 5.41) is 1.64. The molecule has 0 bridgehead atoms. The molecule has 0 aliphatic carbocycles. The summed E-state index contributed by atoms with van der Waals surface area (Å²) in [6.45, 7) is 0.329. The molecule has 0 spiro atoms. The van der Waals surface area contributed by atoms with E-state index in [2.05, 4.69) is 21.2 Å². The van der Waals surface area contributed by atoms with Gasteiger partial charge in [-0.05, 0) is 40.0 Å². The lowest BCUT2D eigenvalue weighted by atomic mass is 10.1. The Bertz CT molecular complexity index is 741. The number of carbonyl (C=O) groups excluding carboxylic acids is 1. The fourth-order valence-corrected chi connectivity index (χ4v) is 4.39. The van der Waals surface area contributed by atoms with Crippen LogP contribution in [0.25, 0.3) is 0 Å². The second kappa shape index (κ2) is 7.39. The molecular weight excluding hydrogens is 386 g/mol. The summed E-state index contributed by atoms with van der Waals surface area (Å²) >= 11 is 4.86. The first kappa shape index (κ1) is 17.2. The Morgan fingerprint density at radius 2 is 1.91 bits per heavy atom. The number of nitrogens with one attached hydrogen (secondary N) is 1. The number of thiophene rings is 1. The van der Waals surface area contributed by atoms with E-state index >= 15 is 0 Å². The number of hydrogen-bond donors (Lipinski definition) is 1. The number of halogens is 1. The maximum Gasteiger partial charge on any atom is 0.238 e. The summed E-state index contributed by atoms with van der Waals surface area (Å²) in [5.74, 6) is -0.462. The third kappa shape index (κ3) is 4.93. The average Bonchev–Trinajstić information content (AvgIpc) is 2.88. The van der Waals surface area contributed by atoms with E-state index in [1.165, 1.54) is 11.3 Å². The molecule has 2 rings (SSSR count). The Morgan fingerprint density at radius 3 is 2.45 bits per heavy atom. The summed E-state index contributed by atoms with van der Waals surface area (Å²) in [7, 11) is -3.48. The van der Waals surface area contributed by atoms with Crippen LogP contribution in [0.15, 0.2) is 46.3 Å². The molecule has 0 radical (unpaired) electrons.